The summed E-state index contributed by atoms with van der Waals surface area (Å²) < 4.78 is 5.29. The molecule has 0 aliphatic carbocycles. The lowest BCUT2D eigenvalue weighted by atomic mass is 10.2. The van der Waals surface area contributed by atoms with E-state index < -0.39 is 11.7 Å². The van der Waals surface area contributed by atoms with E-state index in [-0.39, 0.29) is 12.3 Å². The molecule has 1 aliphatic heterocycles. The van der Waals surface area contributed by atoms with Crippen LogP contribution in [0.4, 0.5) is 10.6 Å². The SMILES string of the molecule is C#Cc1ccc(N2CCN(C(=O)CCN(C)C(=O)OC(C)(C)C)CC2)nc1. The van der Waals surface area contributed by atoms with Gasteiger partial charge in [0.05, 0.1) is 0 Å². The first-order valence-corrected chi connectivity index (χ1v) is 9.09. The molecule has 0 radical (unpaired) electrons. The summed E-state index contributed by atoms with van der Waals surface area (Å²) in [5, 5.41) is 0. The topological polar surface area (TPSA) is 66.0 Å². The van der Waals surface area contributed by atoms with Crippen molar-refractivity contribution in [3.8, 4) is 12.3 Å². The number of terminal acetylenes is 1. The third-order valence-corrected chi connectivity index (χ3v) is 4.24. The zero-order valence-electron chi connectivity index (χ0n) is 16.6. The number of carbonyl (C=O) groups is 2. The Bertz CT molecular complexity index is 695. The van der Waals surface area contributed by atoms with E-state index in [1.807, 2.05) is 37.8 Å². The first-order valence-electron chi connectivity index (χ1n) is 9.09. The van der Waals surface area contributed by atoms with Crippen LogP contribution in [0.15, 0.2) is 18.3 Å². The number of amides is 2. The predicted molar refractivity (Wildman–Crippen MR) is 104 cm³/mol. The third kappa shape index (κ3) is 6.17. The van der Waals surface area contributed by atoms with Crippen LogP contribution in [0.3, 0.4) is 0 Å². The van der Waals surface area contributed by atoms with Crippen molar-refractivity contribution in [3.05, 3.63) is 23.9 Å². The maximum Gasteiger partial charge on any atom is 0.410 e. The third-order valence-electron chi connectivity index (χ3n) is 4.24. The summed E-state index contributed by atoms with van der Waals surface area (Å²) in [7, 11) is 1.64. The minimum atomic E-state index is -0.544. The zero-order chi connectivity index (χ0) is 20.0. The molecule has 7 heteroatoms. The van der Waals surface area contributed by atoms with Crippen molar-refractivity contribution in [2.45, 2.75) is 32.8 Å². The molecule has 2 rings (SSSR count). The Morgan fingerprint density at radius 2 is 1.93 bits per heavy atom. The summed E-state index contributed by atoms with van der Waals surface area (Å²) in [6.45, 7) is 8.49. The molecular weight excluding hydrogens is 344 g/mol. The van der Waals surface area contributed by atoms with Crippen molar-refractivity contribution in [1.29, 1.82) is 0 Å². The van der Waals surface area contributed by atoms with Gasteiger partial charge < -0.3 is 19.4 Å². The fraction of sp³-hybridized carbons (Fsp3) is 0.550. The van der Waals surface area contributed by atoms with E-state index in [9.17, 15) is 9.59 Å². The Hall–Kier alpha value is -2.75. The summed E-state index contributed by atoms with van der Waals surface area (Å²) in [5.41, 5.74) is 0.208. The smallest absolute Gasteiger partial charge is 0.410 e. The maximum absolute atomic E-state index is 12.4. The van der Waals surface area contributed by atoms with E-state index in [2.05, 4.69) is 15.8 Å². The van der Waals surface area contributed by atoms with Gasteiger partial charge in [-0.25, -0.2) is 9.78 Å². The van der Waals surface area contributed by atoms with E-state index in [0.29, 0.717) is 19.6 Å². The molecule has 1 fully saturated rings. The molecular formula is C20H28N4O3. The molecule has 146 valence electrons. The number of rotatable bonds is 4. The second kappa shape index (κ2) is 8.76. The number of aromatic nitrogens is 1. The molecule has 1 aliphatic rings. The van der Waals surface area contributed by atoms with Gasteiger partial charge in [-0.1, -0.05) is 5.92 Å². The molecule has 1 aromatic rings. The minimum Gasteiger partial charge on any atom is -0.444 e. The number of hydrogen-bond donors (Lipinski definition) is 0. The number of nitrogens with zero attached hydrogens (tertiary/aromatic N) is 4. The lowest BCUT2D eigenvalue weighted by molar-refractivity contribution is -0.131. The van der Waals surface area contributed by atoms with Crippen molar-refractivity contribution >= 4 is 17.8 Å². The van der Waals surface area contributed by atoms with Gasteiger partial charge in [-0.05, 0) is 32.9 Å². The Balaban J connectivity index is 1.77. The van der Waals surface area contributed by atoms with Crippen LogP contribution in [0, 0.1) is 12.3 Å². The van der Waals surface area contributed by atoms with E-state index in [1.165, 1.54) is 4.90 Å². The molecule has 1 saturated heterocycles. The van der Waals surface area contributed by atoms with E-state index in [4.69, 9.17) is 11.2 Å². The Kier molecular flexibility index (Phi) is 6.67. The average Bonchev–Trinajstić information content (AvgIpc) is 2.64. The van der Waals surface area contributed by atoms with Gasteiger partial charge in [-0.3, -0.25) is 4.79 Å². The Labute approximate surface area is 161 Å². The molecule has 27 heavy (non-hydrogen) atoms. The summed E-state index contributed by atoms with van der Waals surface area (Å²) >= 11 is 0. The summed E-state index contributed by atoms with van der Waals surface area (Å²) in [6, 6.07) is 3.77. The lowest BCUT2D eigenvalue weighted by Gasteiger charge is -2.35. The summed E-state index contributed by atoms with van der Waals surface area (Å²) in [5.74, 6) is 3.46. The van der Waals surface area contributed by atoms with Crippen molar-refractivity contribution in [3.63, 3.8) is 0 Å². The van der Waals surface area contributed by atoms with Gasteiger partial charge in [-0.2, -0.15) is 0 Å². The number of piperazine rings is 1. The van der Waals surface area contributed by atoms with Gasteiger partial charge in [0.15, 0.2) is 0 Å². The molecule has 0 unspecified atom stereocenters. The highest BCUT2D eigenvalue weighted by molar-refractivity contribution is 5.77. The van der Waals surface area contributed by atoms with Gasteiger partial charge in [-0.15, -0.1) is 6.42 Å². The zero-order valence-corrected chi connectivity index (χ0v) is 16.6. The van der Waals surface area contributed by atoms with E-state index in [0.717, 1.165) is 24.5 Å². The van der Waals surface area contributed by atoms with Crippen molar-refractivity contribution < 1.29 is 14.3 Å². The van der Waals surface area contributed by atoms with Crippen LogP contribution >= 0.6 is 0 Å². The van der Waals surface area contributed by atoms with Gasteiger partial charge >= 0.3 is 6.09 Å². The largest absolute Gasteiger partial charge is 0.444 e. The number of ether oxygens (including phenoxy) is 1. The van der Waals surface area contributed by atoms with Crippen LogP contribution in [0.5, 0.6) is 0 Å². The normalized spacial score (nSPS) is 14.5. The van der Waals surface area contributed by atoms with Crippen molar-refractivity contribution in [2.24, 2.45) is 0 Å². The average molecular weight is 372 g/mol. The molecule has 0 N–H and O–H groups in total. The molecule has 0 aromatic carbocycles. The highest BCUT2D eigenvalue weighted by atomic mass is 16.6. The van der Waals surface area contributed by atoms with Gasteiger partial charge in [0, 0.05) is 58.0 Å². The number of hydrogen-bond acceptors (Lipinski definition) is 5. The Morgan fingerprint density at radius 3 is 2.44 bits per heavy atom. The number of carbonyl (C=O) groups excluding carboxylic acids is 2. The lowest BCUT2D eigenvalue weighted by Crippen LogP contribution is -2.49. The summed E-state index contributed by atoms with van der Waals surface area (Å²) in [6.07, 6.45) is 6.90. The molecule has 1 aromatic heterocycles. The van der Waals surface area contributed by atoms with Gasteiger partial charge in [0.25, 0.3) is 0 Å². The first kappa shape index (κ1) is 20.6. The predicted octanol–water partition coefficient (Wildman–Crippen LogP) is 1.97. The van der Waals surface area contributed by atoms with E-state index >= 15 is 0 Å². The second-order valence-corrected chi connectivity index (χ2v) is 7.57. The second-order valence-electron chi connectivity index (χ2n) is 7.57. The molecule has 2 amide bonds. The molecule has 2 heterocycles. The van der Waals surface area contributed by atoms with Crippen LogP contribution in [-0.2, 0) is 9.53 Å². The van der Waals surface area contributed by atoms with Crippen LogP contribution in [0.1, 0.15) is 32.8 Å². The van der Waals surface area contributed by atoms with Crippen LogP contribution in [-0.4, -0.2) is 72.2 Å². The fourth-order valence-electron chi connectivity index (χ4n) is 2.70. The molecule has 0 atom stereocenters. The van der Waals surface area contributed by atoms with Gasteiger partial charge in [0.1, 0.15) is 11.4 Å². The monoisotopic (exact) mass is 372 g/mol. The quantitative estimate of drug-likeness (QED) is 0.756. The molecule has 0 saturated carbocycles. The van der Waals surface area contributed by atoms with Crippen LogP contribution < -0.4 is 4.90 Å². The van der Waals surface area contributed by atoms with Crippen LogP contribution in [0.25, 0.3) is 0 Å². The molecule has 0 spiro atoms. The minimum absolute atomic E-state index is 0.0423. The Morgan fingerprint density at radius 1 is 1.26 bits per heavy atom. The molecule has 7 nitrogen and oxygen atoms in total. The van der Waals surface area contributed by atoms with E-state index in [1.54, 1.807) is 13.2 Å². The highest BCUT2D eigenvalue weighted by Gasteiger charge is 2.24. The van der Waals surface area contributed by atoms with Gasteiger partial charge in [0.2, 0.25) is 5.91 Å². The molecule has 0 bridgehead atoms. The highest BCUT2D eigenvalue weighted by Crippen LogP contribution is 2.15. The summed E-state index contributed by atoms with van der Waals surface area (Å²) in [4.78, 5) is 34.2. The number of anilines is 1. The fourth-order valence-corrected chi connectivity index (χ4v) is 2.70. The van der Waals surface area contributed by atoms with Crippen LogP contribution in [0.2, 0.25) is 0 Å². The number of pyridine rings is 1. The standard InChI is InChI=1S/C20H28N4O3/c1-6-16-7-8-17(21-15-16)23-11-13-24(14-12-23)18(25)9-10-22(5)19(26)27-20(2,3)4/h1,7-8,15H,9-14H2,2-5H3. The maximum atomic E-state index is 12.4. The van der Waals surface area contributed by atoms with Crippen molar-refractivity contribution in [1.82, 2.24) is 14.8 Å². The first-order chi connectivity index (χ1) is 12.7. The van der Waals surface area contributed by atoms with Crippen molar-refractivity contribution in [2.75, 3.05) is 44.7 Å².